The lowest BCUT2D eigenvalue weighted by molar-refractivity contribution is 0.0689. The van der Waals surface area contributed by atoms with Crippen molar-refractivity contribution in [3.8, 4) is 0 Å². The Bertz CT molecular complexity index is 316. The first-order valence-corrected chi connectivity index (χ1v) is 4.71. The van der Waals surface area contributed by atoms with Gasteiger partial charge in [0.25, 0.3) is 0 Å². The van der Waals surface area contributed by atoms with Crippen LogP contribution in [-0.2, 0) is 0 Å². The van der Waals surface area contributed by atoms with Gasteiger partial charge in [0.2, 0.25) is 0 Å². The number of halogens is 1. The summed E-state index contributed by atoms with van der Waals surface area (Å²) in [6, 6.07) is 4.52. The highest BCUT2D eigenvalue weighted by atomic mass is 79.9. The molecule has 0 aliphatic heterocycles. The minimum Gasteiger partial charge on any atom is -0.477 e. The lowest BCUT2D eigenvalue weighted by Crippen LogP contribution is -2.06. The number of alkyl halides is 1. The van der Waals surface area contributed by atoms with E-state index in [0.717, 1.165) is 0 Å². The van der Waals surface area contributed by atoms with Crippen LogP contribution in [0.25, 0.3) is 0 Å². The number of carboxylic acids is 1. The highest BCUT2D eigenvalue weighted by Gasteiger charge is 2.10. The Kier molecular flexibility index (Phi) is 3.39. The third kappa shape index (κ3) is 2.50. The second kappa shape index (κ2) is 4.34. The minimum absolute atomic E-state index is 0.0579. The van der Waals surface area contributed by atoms with Gasteiger partial charge in [0.15, 0.2) is 0 Å². The van der Waals surface area contributed by atoms with Crippen LogP contribution in [-0.4, -0.2) is 26.5 Å². The average Bonchev–Trinajstić information content (AvgIpc) is 2.17. The fraction of sp³-hybridized carbons (Fsp3) is 0.250. The van der Waals surface area contributed by atoms with Crippen LogP contribution in [0.5, 0.6) is 0 Å². The molecule has 0 radical (unpaired) electrons. The molecular weight excluding hydrogens is 238 g/mol. The molecule has 1 aromatic heterocycles. The number of pyridine rings is 1. The summed E-state index contributed by atoms with van der Waals surface area (Å²) < 4.78 is 0. The molecule has 1 atom stereocenters. The molecule has 5 heteroatoms. The van der Waals surface area contributed by atoms with Crippen molar-refractivity contribution >= 4 is 21.9 Å². The molecule has 13 heavy (non-hydrogen) atoms. The van der Waals surface area contributed by atoms with Crippen molar-refractivity contribution in [1.29, 1.82) is 0 Å². The number of aromatic carboxylic acids is 1. The van der Waals surface area contributed by atoms with Gasteiger partial charge in [0, 0.05) is 5.33 Å². The highest BCUT2D eigenvalue weighted by molar-refractivity contribution is 9.09. The Hall–Kier alpha value is -0.940. The average molecular weight is 246 g/mol. The molecule has 0 aliphatic rings. The van der Waals surface area contributed by atoms with E-state index in [1.807, 2.05) is 0 Å². The van der Waals surface area contributed by atoms with Gasteiger partial charge in [0.1, 0.15) is 11.8 Å². The first kappa shape index (κ1) is 10.1. The molecule has 1 aromatic rings. The molecule has 1 heterocycles. The molecule has 0 spiro atoms. The van der Waals surface area contributed by atoms with Crippen LogP contribution in [0.15, 0.2) is 18.2 Å². The van der Waals surface area contributed by atoms with Gasteiger partial charge in [-0.25, -0.2) is 9.78 Å². The largest absolute Gasteiger partial charge is 0.477 e. The molecule has 0 amide bonds. The molecular formula is C8H8BrNO3. The van der Waals surface area contributed by atoms with Gasteiger partial charge in [-0.15, -0.1) is 0 Å². The summed E-state index contributed by atoms with van der Waals surface area (Å²) in [5.41, 5.74) is 0.300. The first-order valence-electron chi connectivity index (χ1n) is 3.59. The summed E-state index contributed by atoms with van der Waals surface area (Å²) in [5.74, 6) is -1.09. The smallest absolute Gasteiger partial charge is 0.354 e. The molecule has 0 aromatic carbocycles. The van der Waals surface area contributed by atoms with Crippen LogP contribution in [0.1, 0.15) is 22.3 Å². The molecule has 4 nitrogen and oxygen atoms in total. The van der Waals surface area contributed by atoms with Gasteiger partial charge in [-0.1, -0.05) is 22.0 Å². The van der Waals surface area contributed by atoms with Crippen LogP contribution in [0.3, 0.4) is 0 Å². The van der Waals surface area contributed by atoms with Crippen molar-refractivity contribution in [2.45, 2.75) is 6.10 Å². The number of aliphatic hydroxyl groups excluding tert-OH is 1. The molecule has 70 valence electrons. The molecule has 1 rings (SSSR count). The quantitative estimate of drug-likeness (QED) is 0.786. The number of aliphatic hydroxyl groups is 1. The van der Waals surface area contributed by atoms with Crippen molar-refractivity contribution in [3.63, 3.8) is 0 Å². The number of carboxylic acid groups (broad SMARTS) is 1. The lowest BCUT2D eigenvalue weighted by atomic mass is 10.2. The Morgan fingerprint density at radius 3 is 2.85 bits per heavy atom. The van der Waals surface area contributed by atoms with Crippen molar-refractivity contribution in [2.24, 2.45) is 0 Å². The fourth-order valence-electron chi connectivity index (χ4n) is 0.835. The van der Waals surface area contributed by atoms with E-state index in [9.17, 15) is 9.90 Å². The van der Waals surface area contributed by atoms with Gasteiger partial charge in [-0.2, -0.15) is 0 Å². The minimum atomic E-state index is -1.09. The number of nitrogens with zero attached hydrogens (tertiary/aromatic N) is 1. The maximum Gasteiger partial charge on any atom is 0.354 e. The van der Waals surface area contributed by atoms with Crippen molar-refractivity contribution in [3.05, 3.63) is 29.6 Å². The summed E-state index contributed by atoms with van der Waals surface area (Å²) in [6.07, 6.45) is -0.765. The van der Waals surface area contributed by atoms with Crippen LogP contribution in [0.2, 0.25) is 0 Å². The summed E-state index contributed by atoms with van der Waals surface area (Å²) in [6.45, 7) is 0. The Balaban J connectivity index is 2.98. The summed E-state index contributed by atoms with van der Waals surface area (Å²) in [7, 11) is 0. The van der Waals surface area contributed by atoms with E-state index in [1.165, 1.54) is 6.07 Å². The second-order valence-corrected chi connectivity index (χ2v) is 3.07. The molecule has 0 unspecified atom stereocenters. The molecule has 0 aliphatic carbocycles. The van der Waals surface area contributed by atoms with E-state index >= 15 is 0 Å². The third-order valence-electron chi connectivity index (χ3n) is 1.48. The van der Waals surface area contributed by atoms with Gasteiger partial charge in [-0.05, 0) is 12.1 Å². The van der Waals surface area contributed by atoms with Crippen LogP contribution >= 0.6 is 15.9 Å². The maximum absolute atomic E-state index is 10.5. The van der Waals surface area contributed by atoms with Crippen molar-refractivity contribution < 1.29 is 15.0 Å². The zero-order chi connectivity index (χ0) is 9.84. The number of rotatable bonds is 3. The molecule has 2 N–H and O–H groups in total. The van der Waals surface area contributed by atoms with Crippen molar-refractivity contribution in [2.75, 3.05) is 5.33 Å². The molecule has 0 saturated carbocycles. The Morgan fingerprint density at radius 2 is 2.31 bits per heavy atom. The third-order valence-corrected chi connectivity index (χ3v) is 2.09. The second-order valence-electron chi connectivity index (χ2n) is 2.42. The SMILES string of the molecule is O=C(O)c1cccc([C@H](O)CBr)n1. The zero-order valence-corrected chi connectivity index (χ0v) is 8.23. The van der Waals surface area contributed by atoms with Gasteiger partial charge < -0.3 is 10.2 Å². The number of aromatic nitrogens is 1. The van der Waals surface area contributed by atoms with E-state index < -0.39 is 12.1 Å². The first-order chi connectivity index (χ1) is 6.15. The van der Waals surface area contributed by atoms with Crippen LogP contribution < -0.4 is 0 Å². The van der Waals surface area contributed by atoms with Crippen molar-refractivity contribution in [1.82, 2.24) is 4.98 Å². The number of hydrogen-bond donors (Lipinski definition) is 2. The lowest BCUT2D eigenvalue weighted by Gasteiger charge is -2.05. The van der Waals surface area contributed by atoms with E-state index in [1.54, 1.807) is 12.1 Å². The normalized spacial score (nSPS) is 12.5. The number of hydrogen-bond acceptors (Lipinski definition) is 3. The monoisotopic (exact) mass is 245 g/mol. The van der Waals surface area contributed by atoms with E-state index in [2.05, 4.69) is 20.9 Å². The molecule has 0 fully saturated rings. The predicted octanol–water partition coefficient (Wildman–Crippen LogP) is 1.21. The highest BCUT2D eigenvalue weighted by Crippen LogP contribution is 2.12. The maximum atomic E-state index is 10.5. The van der Waals surface area contributed by atoms with Crippen LogP contribution in [0.4, 0.5) is 0 Å². The zero-order valence-electron chi connectivity index (χ0n) is 6.64. The van der Waals surface area contributed by atoms with Crippen LogP contribution in [0, 0.1) is 0 Å². The topological polar surface area (TPSA) is 70.4 Å². The van der Waals surface area contributed by atoms with Gasteiger partial charge >= 0.3 is 5.97 Å². The molecule has 0 saturated heterocycles. The molecule has 0 bridgehead atoms. The predicted molar refractivity (Wildman–Crippen MR) is 50.0 cm³/mol. The fourth-order valence-corrected chi connectivity index (χ4v) is 1.17. The summed E-state index contributed by atoms with van der Waals surface area (Å²) in [4.78, 5) is 14.3. The summed E-state index contributed by atoms with van der Waals surface area (Å²) in [5, 5.41) is 18.3. The van der Waals surface area contributed by atoms with Gasteiger partial charge in [-0.3, -0.25) is 0 Å². The standard InChI is InChI=1S/C8H8BrNO3/c9-4-7(11)5-2-1-3-6(10-5)8(12)13/h1-3,7,11H,4H2,(H,12,13)/t7-/m1/s1. The Labute approximate surface area is 83.4 Å². The summed E-state index contributed by atoms with van der Waals surface area (Å²) >= 11 is 3.08. The Morgan fingerprint density at radius 1 is 1.62 bits per heavy atom. The van der Waals surface area contributed by atoms with E-state index in [4.69, 9.17) is 5.11 Å². The van der Waals surface area contributed by atoms with E-state index in [-0.39, 0.29) is 5.69 Å². The van der Waals surface area contributed by atoms with Gasteiger partial charge in [0.05, 0.1) is 5.69 Å². The van der Waals surface area contributed by atoms with E-state index in [0.29, 0.717) is 11.0 Å². The number of carbonyl (C=O) groups is 1.